The van der Waals surface area contributed by atoms with E-state index in [1.54, 1.807) is 14.2 Å². The summed E-state index contributed by atoms with van der Waals surface area (Å²) in [5, 5.41) is 0. The quantitative estimate of drug-likeness (QED) is 0.836. The molecule has 0 aromatic heterocycles. The van der Waals surface area contributed by atoms with Gasteiger partial charge in [0.2, 0.25) is 5.91 Å². The zero-order valence-corrected chi connectivity index (χ0v) is 14.8. The van der Waals surface area contributed by atoms with Crippen LogP contribution in [0.5, 0.6) is 17.2 Å². The van der Waals surface area contributed by atoms with Crippen molar-refractivity contribution in [1.82, 2.24) is 0 Å². The number of methoxy groups -OCH3 is 2. The van der Waals surface area contributed by atoms with Crippen molar-refractivity contribution in [2.75, 3.05) is 25.7 Å². The van der Waals surface area contributed by atoms with Crippen LogP contribution >= 0.6 is 0 Å². The fourth-order valence-corrected chi connectivity index (χ4v) is 3.09. The van der Waals surface area contributed by atoms with Crippen molar-refractivity contribution >= 4 is 11.6 Å². The Balaban J connectivity index is 1.73. The Morgan fingerprint density at radius 2 is 1.92 bits per heavy atom. The second-order valence-electron chi connectivity index (χ2n) is 6.08. The predicted octanol–water partition coefficient (Wildman–Crippen LogP) is 3.45. The highest BCUT2D eigenvalue weighted by Gasteiger charge is 2.28. The van der Waals surface area contributed by atoms with Crippen molar-refractivity contribution in [3.63, 3.8) is 0 Å². The van der Waals surface area contributed by atoms with Crippen LogP contribution < -0.4 is 19.1 Å². The van der Waals surface area contributed by atoms with Gasteiger partial charge in [0.1, 0.15) is 12.4 Å². The first-order valence-electron chi connectivity index (χ1n) is 8.39. The number of fused-ring (bicyclic) bond motifs is 1. The largest absolute Gasteiger partial charge is 0.493 e. The number of nitrogens with zero attached hydrogens (tertiary/aromatic N) is 1. The van der Waals surface area contributed by atoms with Gasteiger partial charge in [0.15, 0.2) is 11.5 Å². The minimum absolute atomic E-state index is 0.0211. The maximum absolute atomic E-state index is 12.8. The lowest BCUT2D eigenvalue weighted by atomic mass is 10.1. The van der Waals surface area contributed by atoms with E-state index in [2.05, 4.69) is 0 Å². The highest BCUT2D eigenvalue weighted by Crippen LogP contribution is 2.34. The van der Waals surface area contributed by atoms with E-state index in [-0.39, 0.29) is 11.9 Å². The Morgan fingerprint density at radius 1 is 1.16 bits per heavy atom. The number of amides is 1. The van der Waals surface area contributed by atoms with Gasteiger partial charge in [0.05, 0.1) is 25.9 Å². The third-order valence-electron chi connectivity index (χ3n) is 4.39. The molecule has 1 aliphatic rings. The summed E-state index contributed by atoms with van der Waals surface area (Å²) in [6, 6.07) is 13.4. The van der Waals surface area contributed by atoms with Crippen LogP contribution in [0.3, 0.4) is 0 Å². The molecule has 0 fully saturated rings. The Morgan fingerprint density at radius 3 is 2.68 bits per heavy atom. The molecule has 1 heterocycles. The summed E-state index contributed by atoms with van der Waals surface area (Å²) in [6.07, 6.45) is 1.07. The van der Waals surface area contributed by atoms with E-state index in [1.165, 1.54) is 0 Å². The summed E-state index contributed by atoms with van der Waals surface area (Å²) < 4.78 is 16.3. The van der Waals surface area contributed by atoms with Crippen molar-refractivity contribution in [2.24, 2.45) is 0 Å². The van der Waals surface area contributed by atoms with Gasteiger partial charge in [0.25, 0.3) is 0 Å². The first-order valence-corrected chi connectivity index (χ1v) is 8.39. The number of rotatable bonds is 5. The highest BCUT2D eigenvalue weighted by molar-refractivity contribution is 5.96. The monoisotopic (exact) mass is 341 g/mol. The summed E-state index contributed by atoms with van der Waals surface area (Å²) in [4.78, 5) is 14.7. The number of carbonyl (C=O) groups is 1. The van der Waals surface area contributed by atoms with Gasteiger partial charge in [0, 0.05) is 6.42 Å². The summed E-state index contributed by atoms with van der Waals surface area (Å²) in [5.74, 6) is 2.23. The molecule has 2 aromatic rings. The Bertz CT molecular complexity index is 759. The van der Waals surface area contributed by atoms with Crippen LogP contribution in [0.25, 0.3) is 0 Å². The molecule has 0 aliphatic carbocycles. The van der Waals surface area contributed by atoms with Gasteiger partial charge in [-0.1, -0.05) is 18.2 Å². The van der Waals surface area contributed by atoms with Crippen molar-refractivity contribution < 1.29 is 19.0 Å². The molecule has 3 rings (SSSR count). The maximum Gasteiger partial charge on any atom is 0.227 e. The van der Waals surface area contributed by atoms with Gasteiger partial charge in [-0.2, -0.15) is 0 Å². The number of carbonyl (C=O) groups excluding carboxylic acids is 1. The summed E-state index contributed by atoms with van der Waals surface area (Å²) in [7, 11) is 3.22. The molecular weight excluding hydrogens is 318 g/mol. The van der Waals surface area contributed by atoms with Gasteiger partial charge >= 0.3 is 0 Å². The average molecular weight is 341 g/mol. The lowest BCUT2D eigenvalue weighted by Gasteiger charge is -2.35. The van der Waals surface area contributed by atoms with E-state index < -0.39 is 0 Å². The molecule has 5 nitrogen and oxygen atoms in total. The molecule has 5 heteroatoms. The van der Waals surface area contributed by atoms with Crippen LogP contribution in [0.15, 0.2) is 42.5 Å². The van der Waals surface area contributed by atoms with Crippen LogP contribution in [-0.2, 0) is 11.2 Å². The molecule has 0 saturated heterocycles. The molecule has 2 aromatic carbocycles. The predicted molar refractivity (Wildman–Crippen MR) is 96.8 cm³/mol. The van der Waals surface area contributed by atoms with Crippen molar-refractivity contribution in [2.45, 2.75) is 25.8 Å². The lowest BCUT2D eigenvalue weighted by Crippen LogP contribution is -2.45. The molecule has 0 spiro atoms. The van der Waals surface area contributed by atoms with Gasteiger partial charge in [-0.15, -0.1) is 0 Å². The van der Waals surface area contributed by atoms with Crippen LogP contribution in [0.2, 0.25) is 0 Å². The number of hydrogen-bond acceptors (Lipinski definition) is 4. The molecule has 0 saturated carbocycles. The number of aryl methyl sites for hydroxylation is 1. The first-order chi connectivity index (χ1) is 12.1. The maximum atomic E-state index is 12.8. The average Bonchev–Trinajstić information content (AvgIpc) is 2.65. The standard InChI is InChI=1S/C20H23NO4/c1-14-13-25-17-7-5-4-6-16(17)21(14)20(22)11-9-15-8-10-18(23-2)19(12-15)24-3/h4-8,10,12,14H,9,11,13H2,1-3H3. The van der Waals surface area contributed by atoms with E-state index >= 15 is 0 Å². The Kier molecular flexibility index (Phi) is 5.12. The molecular formula is C20H23NO4. The number of benzene rings is 2. The number of ether oxygens (including phenoxy) is 3. The Labute approximate surface area is 148 Å². The van der Waals surface area contributed by atoms with Crippen molar-refractivity contribution in [1.29, 1.82) is 0 Å². The second kappa shape index (κ2) is 7.47. The summed E-state index contributed by atoms with van der Waals surface area (Å²) in [5.41, 5.74) is 1.89. The fraction of sp³-hybridized carbons (Fsp3) is 0.350. The molecule has 1 atom stereocenters. The van der Waals surface area contributed by atoms with Crippen LogP contribution in [0.4, 0.5) is 5.69 Å². The van der Waals surface area contributed by atoms with E-state index in [0.717, 1.165) is 17.0 Å². The highest BCUT2D eigenvalue weighted by atomic mass is 16.5. The van der Waals surface area contributed by atoms with E-state index in [1.807, 2.05) is 54.3 Å². The molecule has 0 bridgehead atoms. The third-order valence-corrected chi connectivity index (χ3v) is 4.39. The van der Waals surface area contributed by atoms with Crippen LogP contribution in [0.1, 0.15) is 18.9 Å². The number of hydrogen-bond donors (Lipinski definition) is 0. The van der Waals surface area contributed by atoms with Crippen molar-refractivity contribution in [3.8, 4) is 17.2 Å². The normalized spacial score (nSPS) is 16.0. The van der Waals surface area contributed by atoms with Gasteiger partial charge in [-0.25, -0.2) is 0 Å². The minimum Gasteiger partial charge on any atom is -0.493 e. The number of para-hydroxylation sites is 2. The minimum atomic E-state index is 0.0211. The molecule has 132 valence electrons. The molecule has 1 amide bonds. The topological polar surface area (TPSA) is 48.0 Å². The molecule has 1 unspecified atom stereocenters. The molecule has 0 N–H and O–H groups in total. The Hall–Kier alpha value is -2.69. The molecule has 1 aliphatic heterocycles. The molecule has 0 radical (unpaired) electrons. The first kappa shape index (κ1) is 17.1. The fourth-order valence-electron chi connectivity index (χ4n) is 3.09. The van der Waals surface area contributed by atoms with Crippen molar-refractivity contribution in [3.05, 3.63) is 48.0 Å². The van der Waals surface area contributed by atoms with Gasteiger partial charge < -0.3 is 19.1 Å². The third kappa shape index (κ3) is 3.55. The molecule has 25 heavy (non-hydrogen) atoms. The number of anilines is 1. The van der Waals surface area contributed by atoms with Crippen LogP contribution in [0, 0.1) is 0 Å². The zero-order chi connectivity index (χ0) is 17.8. The summed E-state index contributed by atoms with van der Waals surface area (Å²) in [6.45, 7) is 2.52. The SMILES string of the molecule is COc1ccc(CCC(=O)N2c3ccccc3OCC2C)cc1OC. The van der Waals surface area contributed by atoms with E-state index in [4.69, 9.17) is 14.2 Å². The second-order valence-corrected chi connectivity index (χ2v) is 6.08. The van der Waals surface area contributed by atoms with E-state index in [9.17, 15) is 4.79 Å². The van der Waals surface area contributed by atoms with Gasteiger partial charge in [-0.3, -0.25) is 4.79 Å². The lowest BCUT2D eigenvalue weighted by molar-refractivity contribution is -0.119. The van der Waals surface area contributed by atoms with Crippen LogP contribution in [-0.4, -0.2) is 32.8 Å². The summed E-state index contributed by atoms with van der Waals surface area (Å²) >= 11 is 0. The zero-order valence-electron chi connectivity index (χ0n) is 14.8. The van der Waals surface area contributed by atoms with E-state index in [0.29, 0.717) is 30.9 Å². The van der Waals surface area contributed by atoms with Gasteiger partial charge in [-0.05, 0) is 43.2 Å². The smallest absolute Gasteiger partial charge is 0.227 e.